The quantitative estimate of drug-likeness (QED) is 0.0168. The van der Waals surface area contributed by atoms with Gasteiger partial charge in [0.05, 0.1) is 6.61 Å². The molecule has 0 aliphatic carbocycles. The molecule has 0 aromatic heterocycles. The van der Waals surface area contributed by atoms with Crippen LogP contribution in [0.1, 0.15) is 155 Å². The zero-order valence-electron chi connectivity index (χ0n) is 31.3. The van der Waals surface area contributed by atoms with E-state index in [0.29, 0.717) is 12.8 Å². The molecule has 0 saturated carbocycles. The van der Waals surface area contributed by atoms with Gasteiger partial charge in [-0.25, -0.2) is 9.36 Å². The van der Waals surface area contributed by atoms with Crippen molar-refractivity contribution in [2.45, 2.75) is 161 Å². The molecule has 0 saturated heterocycles. The van der Waals surface area contributed by atoms with Gasteiger partial charge in [-0.15, -0.1) is 0 Å². The average Bonchev–Trinajstić information content (AvgIpc) is 3.08. The maximum atomic E-state index is 12.3. The van der Waals surface area contributed by atoms with E-state index in [2.05, 4.69) is 60.9 Å². The van der Waals surface area contributed by atoms with Crippen LogP contribution in [-0.2, 0) is 28.2 Å². The van der Waals surface area contributed by atoms with E-state index >= 15 is 0 Å². The molecule has 8 nitrogen and oxygen atoms in total. The second-order valence-electron chi connectivity index (χ2n) is 12.6. The first-order valence-corrected chi connectivity index (χ1v) is 20.8. The van der Waals surface area contributed by atoms with Crippen LogP contribution in [0.25, 0.3) is 0 Å². The van der Waals surface area contributed by atoms with Crippen molar-refractivity contribution in [3.63, 3.8) is 0 Å². The predicted octanol–water partition coefficient (Wildman–Crippen LogP) is 11.5. The molecule has 0 radical (unpaired) electrons. The number of rotatable bonds is 34. The van der Waals surface area contributed by atoms with E-state index in [1.54, 1.807) is 12.2 Å². The Bertz CT molecular complexity index is 1040. The standard InChI is InChI=1S/C41H69O8P/c1-3-5-7-9-11-13-15-17-19-20-22-23-25-27-29-31-33-35-40(42)47-37-39(38-48-50(44,45)46)49-41(43)36-34-32-30-28-26-24-21-18-16-14-12-10-8-6-4-2/h11,13,17,19,22-23,27,29-30,32,34,36,39H,3-10,12,14-16,18,20-21,24-26,28,31,33,35,37-38H2,1-2H3,(H2,44,45,46)/b13-11+,19-17+,23-22+,29-27+,32-30+,36-34+/t39-/m1/s1. The summed E-state index contributed by atoms with van der Waals surface area (Å²) in [6.07, 6.45) is 46.9. The van der Waals surface area contributed by atoms with Crippen LogP contribution in [0.5, 0.6) is 0 Å². The lowest BCUT2D eigenvalue weighted by molar-refractivity contribution is -0.157. The molecule has 0 amide bonds. The highest BCUT2D eigenvalue weighted by molar-refractivity contribution is 7.46. The molecule has 2 N–H and O–H groups in total. The van der Waals surface area contributed by atoms with E-state index in [0.717, 1.165) is 32.1 Å². The molecular weight excluding hydrogens is 651 g/mol. The number of hydrogen-bond acceptors (Lipinski definition) is 6. The molecule has 50 heavy (non-hydrogen) atoms. The van der Waals surface area contributed by atoms with Gasteiger partial charge >= 0.3 is 19.8 Å². The van der Waals surface area contributed by atoms with Crippen LogP contribution in [-0.4, -0.2) is 41.0 Å². The van der Waals surface area contributed by atoms with Gasteiger partial charge in [0.25, 0.3) is 0 Å². The number of carbonyl (C=O) groups is 2. The summed E-state index contributed by atoms with van der Waals surface area (Å²) in [6, 6.07) is 0. The first-order valence-electron chi connectivity index (χ1n) is 19.3. The molecule has 0 fully saturated rings. The monoisotopic (exact) mass is 720 g/mol. The van der Waals surface area contributed by atoms with Crippen LogP contribution < -0.4 is 0 Å². The van der Waals surface area contributed by atoms with Crippen LogP contribution in [0.2, 0.25) is 0 Å². The zero-order valence-corrected chi connectivity index (χ0v) is 32.2. The van der Waals surface area contributed by atoms with Gasteiger partial charge in [0.1, 0.15) is 6.61 Å². The summed E-state index contributed by atoms with van der Waals surface area (Å²) in [4.78, 5) is 42.5. The number of hydrogen-bond donors (Lipinski definition) is 2. The second-order valence-corrected chi connectivity index (χ2v) is 13.9. The lowest BCUT2D eigenvalue weighted by Gasteiger charge is -2.17. The molecule has 0 aromatic rings. The first kappa shape index (κ1) is 47.5. The van der Waals surface area contributed by atoms with Gasteiger partial charge < -0.3 is 19.3 Å². The van der Waals surface area contributed by atoms with Gasteiger partial charge in [-0.3, -0.25) is 9.32 Å². The van der Waals surface area contributed by atoms with Crippen molar-refractivity contribution in [3.8, 4) is 0 Å². The Morgan fingerprint density at radius 3 is 1.60 bits per heavy atom. The maximum Gasteiger partial charge on any atom is 0.469 e. The Hall–Kier alpha value is -2.51. The Morgan fingerprint density at radius 1 is 0.580 bits per heavy atom. The Kier molecular flexibility index (Phi) is 34.5. The van der Waals surface area contributed by atoms with E-state index < -0.39 is 32.5 Å². The molecule has 0 aliphatic heterocycles. The van der Waals surface area contributed by atoms with Gasteiger partial charge in [-0.2, -0.15) is 0 Å². The Balaban J connectivity index is 4.18. The maximum absolute atomic E-state index is 12.3. The van der Waals surface area contributed by atoms with Gasteiger partial charge in [-0.1, -0.05) is 158 Å². The molecule has 0 unspecified atom stereocenters. The third-order valence-corrected chi connectivity index (χ3v) is 8.29. The number of unbranched alkanes of at least 4 members (excludes halogenated alkanes) is 15. The number of phosphoric acid groups is 1. The van der Waals surface area contributed by atoms with Crippen molar-refractivity contribution in [2.75, 3.05) is 13.2 Å². The molecule has 0 spiro atoms. The molecule has 0 aromatic carbocycles. The van der Waals surface area contributed by atoms with Gasteiger partial charge in [0, 0.05) is 12.5 Å². The second kappa shape index (κ2) is 36.3. The minimum absolute atomic E-state index is 0.169. The van der Waals surface area contributed by atoms with Crippen LogP contribution in [0.4, 0.5) is 0 Å². The summed E-state index contributed by atoms with van der Waals surface area (Å²) >= 11 is 0. The van der Waals surface area contributed by atoms with Crippen molar-refractivity contribution in [2.24, 2.45) is 0 Å². The minimum Gasteiger partial charge on any atom is -0.462 e. The van der Waals surface area contributed by atoms with Crippen LogP contribution in [0.3, 0.4) is 0 Å². The number of allylic oxidation sites excluding steroid dienone is 11. The van der Waals surface area contributed by atoms with Gasteiger partial charge in [0.15, 0.2) is 6.10 Å². The fraction of sp³-hybridized carbons (Fsp3) is 0.659. The molecule has 286 valence electrons. The third-order valence-electron chi connectivity index (χ3n) is 7.80. The lowest BCUT2D eigenvalue weighted by atomic mass is 10.1. The first-order chi connectivity index (χ1) is 24.3. The minimum atomic E-state index is -4.79. The lowest BCUT2D eigenvalue weighted by Crippen LogP contribution is -2.29. The van der Waals surface area contributed by atoms with Crippen LogP contribution in [0, 0.1) is 0 Å². The highest BCUT2D eigenvalue weighted by Gasteiger charge is 2.22. The van der Waals surface area contributed by atoms with E-state index in [9.17, 15) is 14.2 Å². The summed E-state index contributed by atoms with van der Waals surface area (Å²) in [5, 5.41) is 0. The third kappa shape index (κ3) is 38.3. The van der Waals surface area contributed by atoms with Crippen molar-refractivity contribution >= 4 is 19.8 Å². The normalized spacial score (nSPS) is 13.3. The Morgan fingerprint density at radius 2 is 1.04 bits per heavy atom. The topological polar surface area (TPSA) is 119 Å². The van der Waals surface area contributed by atoms with Crippen LogP contribution in [0.15, 0.2) is 72.9 Å². The molecular formula is C41H69O8P. The van der Waals surface area contributed by atoms with E-state index in [1.807, 2.05) is 12.2 Å². The van der Waals surface area contributed by atoms with Gasteiger partial charge in [-0.05, 0) is 57.8 Å². The molecule has 0 bridgehead atoms. The fourth-order valence-electron chi connectivity index (χ4n) is 4.92. The smallest absolute Gasteiger partial charge is 0.462 e. The summed E-state index contributed by atoms with van der Waals surface area (Å²) in [6.45, 7) is 3.49. The largest absolute Gasteiger partial charge is 0.469 e. The fourth-order valence-corrected chi connectivity index (χ4v) is 5.28. The molecule has 0 heterocycles. The van der Waals surface area contributed by atoms with E-state index in [1.165, 1.54) is 96.0 Å². The molecule has 0 rings (SSSR count). The number of phosphoric ester groups is 1. The molecule has 9 heteroatoms. The van der Waals surface area contributed by atoms with E-state index in [-0.39, 0.29) is 13.0 Å². The van der Waals surface area contributed by atoms with Crippen molar-refractivity contribution in [3.05, 3.63) is 72.9 Å². The number of ether oxygens (including phenoxy) is 2. The summed E-state index contributed by atoms with van der Waals surface area (Å²) in [5.74, 6) is -1.21. The summed E-state index contributed by atoms with van der Waals surface area (Å²) in [5.41, 5.74) is 0. The average molecular weight is 721 g/mol. The molecule has 0 aliphatic rings. The highest BCUT2D eigenvalue weighted by atomic mass is 31.2. The predicted molar refractivity (Wildman–Crippen MR) is 207 cm³/mol. The molecule has 1 atom stereocenters. The van der Waals surface area contributed by atoms with Crippen molar-refractivity contribution in [1.82, 2.24) is 0 Å². The van der Waals surface area contributed by atoms with E-state index in [4.69, 9.17) is 19.3 Å². The summed E-state index contributed by atoms with van der Waals surface area (Å²) < 4.78 is 26.1. The SMILES string of the molecule is CCCCC/C=C/C/C=C/C/C=C/C/C=C/CCCC(=O)OC[C@H](COP(=O)(O)O)OC(=O)/C=C/C=C/CCCCCCCCCCCCC. The zero-order chi connectivity index (χ0) is 36.8. The van der Waals surface area contributed by atoms with Gasteiger partial charge in [0.2, 0.25) is 0 Å². The Labute approximate surface area is 304 Å². The van der Waals surface area contributed by atoms with Crippen LogP contribution >= 0.6 is 7.82 Å². The number of esters is 2. The highest BCUT2D eigenvalue weighted by Crippen LogP contribution is 2.35. The van der Waals surface area contributed by atoms with Crippen molar-refractivity contribution in [1.29, 1.82) is 0 Å². The van der Waals surface area contributed by atoms with Crippen molar-refractivity contribution < 1.29 is 37.9 Å². The number of carbonyl (C=O) groups excluding carboxylic acids is 2. The summed E-state index contributed by atoms with van der Waals surface area (Å²) in [7, 11) is -4.79.